The van der Waals surface area contributed by atoms with Crippen LogP contribution in [0.15, 0.2) is 18.2 Å². The fourth-order valence-electron chi connectivity index (χ4n) is 2.08. The second kappa shape index (κ2) is 4.42. The summed E-state index contributed by atoms with van der Waals surface area (Å²) in [6.07, 6.45) is 0.182. The number of hydrogen-bond donors (Lipinski definition) is 3. The highest BCUT2D eigenvalue weighted by molar-refractivity contribution is 5.84. The van der Waals surface area contributed by atoms with Crippen molar-refractivity contribution in [3.05, 3.63) is 29.6 Å². The van der Waals surface area contributed by atoms with Gasteiger partial charge in [-0.2, -0.15) is 0 Å². The molecule has 1 aromatic heterocycles. The number of aryl methyl sites for hydroxylation is 1. The first-order valence-electron chi connectivity index (χ1n) is 5.78. The largest absolute Gasteiger partial charge is 0.481 e. The zero-order valence-corrected chi connectivity index (χ0v) is 10.4. The van der Waals surface area contributed by atoms with Crippen LogP contribution in [-0.2, 0) is 10.2 Å². The third-order valence-electron chi connectivity index (χ3n) is 3.32. The normalized spacial score (nSPS) is 14.6. The van der Waals surface area contributed by atoms with Gasteiger partial charge < -0.3 is 15.2 Å². The minimum atomic E-state index is -1.08. The van der Waals surface area contributed by atoms with Crippen LogP contribution >= 0.6 is 0 Å². The Kier molecular flexibility index (Phi) is 3.09. The number of fused-ring (bicyclic) bond motifs is 1. The lowest BCUT2D eigenvalue weighted by molar-refractivity contribution is -0.143. The highest BCUT2D eigenvalue weighted by Gasteiger charge is 2.34. The fourth-order valence-corrected chi connectivity index (χ4v) is 2.08. The molecule has 0 saturated heterocycles. The Morgan fingerprint density at radius 1 is 1.50 bits per heavy atom. The summed E-state index contributed by atoms with van der Waals surface area (Å²) in [6.45, 7) is 3.31. The smallest absolute Gasteiger partial charge is 0.313 e. The van der Waals surface area contributed by atoms with Gasteiger partial charge in [0.2, 0.25) is 0 Å². The van der Waals surface area contributed by atoms with Crippen molar-refractivity contribution in [2.24, 2.45) is 0 Å². The van der Waals surface area contributed by atoms with Gasteiger partial charge in [-0.3, -0.25) is 4.79 Å². The van der Waals surface area contributed by atoms with Gasteiger partial charge in [-0.1, -0.05) is 6.07 Å². The predicted octanol–water partition coefficient (Wildman–Crippen LogP) is 1.60. The number of benzene rings is 1. The molecule has 96 valence electrons. The Hall–Kier alpha value is -1.88. The number of imidazole rings is 1. The zero-order chi connectivity index (χ0) is 13.3. The molecular weight excluding hydrogens is 232 g/mol. The van der Waals surface area contributed by atoms with Crippen LogP contribution in [0, 0.1) is 6.92 Å². The lowest BCUT2D eigenvalue weighted by Gasteiger charge is -2.24. The molecule has 0 amide bonds. The third kappa shape index (κ3) is 1.97. The van der Waals surface area contributed by atoms with Gasteiger partial charge in [-0.25, -0.2) is 4.98 Å². The highest BCUT2D eigenvalue weighted by atomic mass is 16.4. The van der Waals surface area contributed by atoms with Gasteiger partial charge in [0.1, 0.15) is 5.82 Å². The number of carboxylic acid groups (broad SMARTS) is 1. The Morgan fingerprint density at radius 3 is 2.83 bits per heavy atom. The molecule has 1 atom stereocenters. The number of nitrogens with one attached hydrogen (secondary N) is 1. The van der Waals surface area contributed by atoms with Crippen molar-refractivity contribution < 1.29 is 15.0 Å². The van der Waals surface area contributed by atoms with E-state index in [1.165, 1.54) is 0 Å². The maximum Gasteiger partial charge on any atom is 0.313 e. The number of aromatic amines is 1. The monoisotopic (exact) mass is 248 g/mol. The second-order valence-electron chi connectivity index (χ2n) is 4.67. The molecule has 2 aromatic rings. The molecule has 0 spiro atoms. The molecular formula is C13H16N2O3. The fraction of sp³-hybridized carbons (Fsp3) is 0.385. The molecule has 0 aliphatic heterocycles. The molecule has 0 fully saturated rings. The van der Waals surface area contributed by atoms with Crippen molar-refractivity contribution in [3.63, 3.8) is 0 Å². The van der Waals surface area contributed by atoms with Crippen LogP contribution in [-0.4, -0.2) is 32.8 Å². The average molecular weight is 248 g/mol. The Morgan fingerprint density at radius 2 is 2.22 bits per heavy atom. The minimum absolute atomic E-state index is 0.164. The number of aliphatic hydroxyl groups excluding tert-OH is 1. The van der Waals surface area contributed by atoms with E-state index in [4.69, 9.17) is 5.11 Å². The Labute approximate surface area is 104 Å². The number of aliphatic carboxylic acids is 1. The summed E-state index contributed by atoms with van der Waals surface area (Å²) in [4.78, 5) is 18.8. The van der Waals surface area contributed by atoms with E-state index in [9.17, 15) is 9.90 Å². The van der Waals surface area contributed by atoms with E-state index in [0.717, 1.165) is 16.9 Å². The Bertz CT molecular complexity index is 591. The van der Waals surface area contributed by atoms with Crippen molar-refractivity contribution in [1.29, 1.82) is 0 Å². The lowest BCUT2D eigenvalue weighted by Crippen LogP contribution is -2.33. The van der Waals surface area contributed by atoms with Crippen molar-refractivity contribution >= 4 is 17.0 Å². The van der Waals surface area contributed by atoms with Gasteiger partial charge >= 0.3 is 5.97 Å². The van der Waals surface area contributed by atoms with Crippen LogP contribution in [0.1, 0.15) is 24.7 Å². The summed E-state index contributed by atoms with van der Waals surface area (Å²) >= 11 is 0. The van der Waals surface area contributed by atoms with E-state index >= 15 is 0 Å². The highest BCUT2D eigenvalue weighted by Crippen LogP contribution is 2.29. The summed E-state index contributed by atoms with van der Waals surface area (Å²) in [7, 11) is 0. The second-order valence-corrected chi connectivity index (χ2v) is 4.67. The van der Waals surface area contributed by atoms with E-state index in [0.29, 0.717) is 5.56 Å². The minimum Gasteiger partial charge on any atom is -0.481 e. The van der Waals surface area contributed by atoms with Gasteiger partial charge in [0, 0.05) is 6.61 Å². The number of aliphatic hydroxyl groups is 1. The van der Waals surface area contributed by atoms with Gasteiger partial charge in [-0.15, -0.1) is 0 Å². The van der Waals surface area contributed by atoms with E-state index in [2.05, 4.69) is 9.97 Å². The molecule has 1 unspecified atom stereocenters. The first-order valence-corrected chi connectivity index (χ1v) is 5.78. The molecule has 5 nitrogen and oxygen atoms in total. The van der Waals surface area contributed by atoms with Crippen LogP contribution in [0.4, 0.5) is 0 Å². The van der Waals surface area contributed by atoms with Crippen LogP contribution < -0.4 is 0 Å². The molecule has 18 heavy (non-hydrogen) atoms. The van der Waals surface area contributed by atoms with Crippen LogP contribution in [0.25, 0.3) is 11.0 Å². The number of H-pyrrole nitrogens is 1. The van der Waals surface area contributed by atoms with Gasteiger partial charge in [0.25, 0.3) is 0 Å². The van der Waals surface area contributed by atoms with Crippen LogP contribution in [0.3, 0.4) is 0 Å². The number of aromatic nitrogens is 2. The van der Waals surface area contributed by atoms with Gasteiger partial charge in [0.15, 0.2) is 0 Å². The summed E-state index contributed by atoms with van der Waals surface area (Å²) in [5, 5.41) is 18.4. The van der Waals surface area contributed by atoms with Crippen molar-refractivity contribution in [2.45, 2.75) is 25.7 Å². The summed E-state index contributed by atoms with van der Waals surface area (Å²) in [5.74, 6) is -0.145. The maximum atomic E-state index is 11.4. The molecule has 1 heterocycles. The predicted molar refractivity (Wildman–Crippen MR) is 67.5 cm³/mol. The number of hydrogen-bond acceptors (Lipinski definition) is 3. The SMILES string of the molecule is Cc1nc2ccc(C(C)(CCO)C(=O)O)cc2[nH]1. The van der Waals surface area contributed by atoms with Crippen molar-refractivity contribution in [2.75, 3.05) is 6.61 Å². The molecule has 0 bridgehead atoms. The summed E-state index contributed by atoms with van der Waals surface area (Å²) in [5.41, 5.74) is 1.21. The molecule has 0 saturated carbocycles. The number of carboxylic acids is 1. The van der Waals surface area contributed by atoms with Crippen LogP contribution in [0.2, 0.25) is 0 Å². The van der Waals surface area contributed by atoms with Gasteiger partial charge in [-0.05, 0) is 38.0 Å². The quantitative estimate of drug-likeness (QED) is 0.767. The molecule has 1 aromatic carbocycles. The average Bonchev–Trinajstić information content (AvgIpc) is 2.67. The van der Waals surface area contributed by atoms with E-state index in [1.54, 1.807) is 25.1 Å². The number of nitrogens with zero attached hydrogens (tertiary/aromatic N) is 1. The molecule has 2 rings (SSSR count). The zero-order valence-electron chi connectivity index (χ0n) is 10.4. The van der Waals surface area contributed by atoms with E-state index in [-0.39, 0.29) is 13.0 Å². The number of carbonyl (C=O) groups is 1. The topological polar surface area (TPSA) is 86.2 Å². The molecule has 0 radical (unpaired) electrons. The third-order valence-corrected chi connectivity index (χ3v) is 3.32. The Balaban J connectivity index is 2.54. The van der Waals surface area contributed by atoms with Crippen molar-refractivity contribution in [3.8, 4) is 0 Å². The van der Waals surface area contributed by atoms with E-state index in [1.807, 2.05) is 6.92 Å². The molecule has 0 aliphatic carbocycles. The number of rotatable bonds is 4. The standard InChI is InChI=1S/C13H16N2O3/c1-8-14-10-4-3-9(7-11(10)15-8)13(2,5-6-16)12(17)18/h3-4,7,16H,5-6H2,1-2H3,(H,14,15)(H,17,18). The van der Waals surface area contributed by atoms with E-state index < -0.39 is 11.4 Å². The van der Waals surface area contributed by atoms with Crippen molar-refractivity contribution in [1.82, 2.24) is 9.97 Å². The van der Waals surface area contributed by atoms with Crippen LogP contribution in [0.5, 0.6) is 0 Å². The maximum absolute atomic E-state index is 11.4. The molecule has 3 N–H and O–H groups in total. The summed E-state index contributed by atoms with van der Waals surface area (Å²) < 4.78 is 0. The molecule has 5 heteroatoms. The van der Waals surface area contributed by atoms with Gasteiger partial charge in [0.05, 0.1) is 16.4 Å². The molecule has 0 aliphatic rings. The summed E-state index contributed by atoms with van der Waals surface area (Å²) in [6, 6.07) is 5.35. The lowest BCUT2D eigenvalue weighted by atomic mass is 9.79. The first-order chi connectivity index (χ1) is 8.47. The first kappa shape index (κ1) is 12.6.